The van der Waals surface area contributed by atoms with Gasteiger partial charge in [0, 0.05) is 0 Å². The molecule has 0 fully saturated rings. The van der Waals surface area contributed by atoms with Crippen molar-refractivity contribution in [2.75, 3.05) is 6.54 Å². The monoisotopic (exact) mass is 204 g/mol. The van der Waals surface area contributed by atoms with Crippen molar-refractivity contribution in [3.8, 4) is 0 Å². The third kappa shape index (κ3) is 2.11. The number of nitrogens with zero attached hydrogens (tertiary/aromatic N) is 1. The van der Waals surface area contributed by atoms with Crippen LogP contribution < -0.4 is 5.32 Å². The molecular weight excluding hydrogens is 196 g/mol. The van der Waals surface area contributed by atoms with Crippen LogP contribution in [0.15, 0.2) is 15.3 Å². The Bertz CT molecular complexity index is 199. The van der Waals surface area contributed by atoms with Gasteiger partial charge in [-0.25, -0.2) is 4.98 Å². The van der Waals surface area contributed by atoms with Crippen molar-refractivity contribution in [3.05, 3.63) is 16.8 Å². The van der Waals surface area contributed by atoms with Crippen LogP contribution in [0.3, 0.4) is 0 Å². The molecule has 0 amide bonds. The van der Waals surface area contributed by atoms with E-state index in [0.29, 0.717) is 12.4 Å². The van der Waals surface area contributed by atoms with Crippen LogP contribution in [0.4, 0.5) is 0 Å². The Kier molecular flexibility index (Phi) is 2.89. The zero-order valence-electron chi connectivity index (χ0n) is 5.72. The zero-order valence-corrected chi connectivity index (χ0v) is 7.31. The van der Waals surface area contributed by atoms with Crippen LogP contribution in [0.1, 0.15) is 12.8 Å². The molecule has 0 aliphatic heterocycles. The largest absolute Gasteiger partial charge is 0.446 e. The maximum Gasteiger partial charge on any atom is 0.209 e. The molecule has 1 aromatic heterocycles. The highest BCUT2D eigenvalue weighted by Crippen LogP contribution is 2.07. The fraction of sp³-hybridized carbons (Fsp3) is 0.500. The molecule has 0 unspecified atom stereocenters. The van der Waals surface area contributed by atoms with E-state index < -0.39 is 0 Å². The van der Waals surface area contributed by atoms with Gasteiger partial charge in [-0.05, 0) is 22.5 Å². The first-order chi connectivity index (χ1) is 4.83. The standard InChI is InChI=1S/C6H9BrN2O/c1-2-8-3-6-9-5(7)4-10-6/h4,8H,2-3H2,1H3. The lowest BCUT2D eigenvalue weighted by Crippen LogP contribution is -2.11. The Morgan fingerprint density at radius 3 is 3.10 bits per heavy atom. The molecule has 0 aliphatic rings. The molecule has 0 aliphatic carbocycles. The summed E-state index contributed by atoms with van der Waals surface area (Å²) in [5.74, 6) is 0.716. The Balaban J connectivity index is 2.42. The first-order valence-electron chi connectivity index (χ1n) is 3.13. The quantitative estimate of drug-likeness (QED) is 0.813. The van der Waals surface area contributed by atoms with Gasteiger partial charge in [0.2, 0.25) is 5.89 Å². The van der Waals surface area contributed by atoms with E-state index in [0.717, 1.165) is 11.1 Å². The Morgan fingerprint density at radius 2 is 2.60 bits per heavy atom. The number of hydrogen-bond acceptors (Lipinski definition) is 3. The number of aromatic nitrogens is 1. The van der Waals surface area contributed by atoms with E-state index in [1.54, 1.807) is 6.26 Å². The van der Waals surface area contributed by atoms with Crippen molar-refractivity contribution in [1.82, 2.24) is 10.3 Å². The van der Waals surface area contributed by atoms with Gasteiger partial charge in [-0.3, -0.25) is 0 Å². The van der Waals surface area contributed by atoms with Gasteiger partial charge in [0.15, 0.2) is 0 Å². The second-order valence-corrected chi connectivity index (χ2v) is 2.66. The lowest BCUT2D eigenvalue weighted by atomic mass is 10.6. The molecule has 1 heterocycles. The van der Waals surface area contributed by atoms with Crippen LogP contribution in [0.25, 0.3) is 0 Å². The van der Waals surface area contributed by atoms with Gasteiger partial charge >= 0.3 is 0 Å². The summed E-state index contributed by atoms with van der Waals surface area (Å²) < 4.78 is 5.80. The summed E-state index contributed by atoms with van der Waals surface area (Å²) in [5, 5.41) is 3.10. The van der Waals surface area contributed by atoms with E-state index in [4.69, 9.17) is 4.42 Å². The highest BCUT2D eigenvalue weighted by atomic mass is 79.9. The number of nitrogens with one attached hydrogen (secondary N) is 1. The second-order valence-electron chi connectivity index (χ2n) is 1.84. The molecular formula is C6H9BrN2O. The second kappa shape index (κ2) is 3.73. The van der Waals surface area contributed by atoms with E-state index in [-0.39, 0.29) is 0 Å². The first kappa shape index (κ1) is 7.75. The molecule has 10 heavy (non-hydrogen) atoms. The molecule has 1 aromatic rings. The van der Waals surface area contributed by atoms with Gasteiger partial charge in [-0.15, -0.1) is 0 Å². The average Bonchev–Trinajstić information content (AvgIpc) is 2.31. The SMILES string of the molecule is CCNCc1nc(Br)co1. The summed E-state index contributed by atoms with van der Waals surface area (Å²) in [6.07, 6.45) is 1.58. The number of halogens is 1. The first-order valence-corrected chi connectivity index (χ1v) is 3.93. The van der Waals surface area contributed by atoms with Crippen molar-refractivity contribution in [1.29, 1.82) is 0 Å². The summed E-state index contributed by atoms with van der Waals surface area (Å²) in [4.78, 5) is 4.04. The fourth-order valence-corrected chi connectivity index (χ4v) is 0.893. The van der Waals surface area contributed by atoms with Crippen molar-refractivity contribution < 1.29 is 4.42 Å². The third-order valence-electron chi connectivity index (χ3n) is 1.05. The van der Waals surface area contributed by atoms with Gasteiger partial charge in [0.25, 0.3) is 0 Å². The van der Waals surface area contributed by atoms with Crippen LogP contribution in [-0.4, -0.2) is 11.5 Å². The molecule has 3 nitrogen and oxygen atoms in total. The van der Waals surface area contributed by atoms with E-state index in [2.05, 4.69) is 26.2 Å². The van der Waals surface area contributed by atoms with Crippen LogP contribution in [-0.2, 0) is 6.54 Å². The lowest BCUT2D eigenvalue weighted by Gasteiger charge is -1.92. The van der Waals surface area contributed by atoms with Crippen molar-refractivity contribution >= 4 is 15.9 Å². The molecule has 0 atom stereocenters. The molecule has 0 saturated carbocycles. The molecule has 0 bridgehead atoms. The number of rotatable bonds is 3. The zero-order chi connectivity index (χ0) is 7.40. The summed E-state index contributed by atoms with van der Waals surface area (Å²) in [7, 11) is 0. The normalized spacial score (nSPS) is 10.2. The Hall–Kier alpha value is -0.350. The van der Waals surface area contributed by atoms with Crippen molar-refractivity contribution in [2.24, 2.45) is 0 Å². The molecule has 0 spiro atoms. The molecule has 1 N–H and O–H groups in total. The van der Waals surface area contributed by atoms with E-state index in [1.165, 1.54) is 0 Å². The molecule has 1 rings (SSSR count). The number of hydrogen-bond donors (Lipinski definition) is 1. The predicted octanol–water partition coefficient (Wildman–Crippen LogP) is 1.55. The Morgan fingerprint density at radius 1 is 1.80 bits per heavy atom. The highest BCUT2D eigenvalue weighted by Gasteiger charge is 1.97. The molecule has 0 saturated heterocycles. The van der Waals surface area contributed by atoms with Crippen LogP contribution in [0.5, 0.6) is 0 Å². The molecule has 56 valence electrons. The van der Waals surface area contributed by atoms with E-state index in [9.17, 15) is 0 Å². The summed E-state index contributed by atoms with van der Waals surface area (Å²) in [6.45, 7) is 3.67. The van der Waals surface area contributed by atoms with Crippen molar-refractivity contribution in [2.45, 2.75) is 13.5 Å². The predicted molar refractivity (Wildman–Crippen MR) is 41.6 cm³/mol. The van der Waals surface area contributed by atoms with Crippen molar-refractivity contribution in [3.63, 3.8) is 0 Å². The van der Waals surface area contributed by atoms with E-state index in [1.807, 2.05) is 6.92 Å². The van der Waals surface area contributed by atoms with E-state index >= 15 is 0 Å². The molecule has 0 aromatic carbocycles. The minimum absolute atomic E-state index is 0.697. The molecule has 0 radical (unpaired) electrons. The maximum absolute atomic E-state index is 5.05. The summed E-state index contributed by atoms with van der Waals surface area (Å²) in [5.41, 5.74) is 0. The van der Waals surface area contributed by atoms with Crippen LogP contribution in [0.2, 0.25) is 0 Å². The van der Waals surface area contributed by atoms with Gasteiger partial charge in [0.1, 0.15) is 10.9 Å². The lowest BCUT2D eigenvalue weighted by molar-refractivity contribution is 0.472. The van der Waals surface area contributed by atoms with Gasteiger partial charge in [-0.2, -0.15) is 0 Å². The smallest absolute Gasteiger partial charge is 0.209 e. The van der Waals surface area contributed by atoms with Gasteiger partial charge in [0.05, 0.1) is 6.54 Å². The summed E-state index contributed by atoms with van der Waals surface area (Å²) >= 11 is 3.19. The summed E-state index contributed by atoms with van der Waals surface area (Å²) in [6, 6.07) is 0. The van der Waals surface area contributed by atoms with Crippen LogP contribution >= 0.6 is 15.9 Å². The van der Waals surface area contributed by atoms with Gasteiger partial charge < -0.3 is 9.73 Å². The average molecular weight is 205 g/mol. The minimum Gasteiger partial charge on any atom is -0.446 e. The topological polar surface area (TPSA) is 38.1 Å². The minimum atomic E-state index is 0.697. The number of oxazole rings is 1. The molecule has 4 heteroatoms. The van der Waals surface area contributed by atoms with Gasteiger partial charge in [-0.1, -0.05) is 6.92 Å². The fourth-order valence-electron chi connectivity index (χ4n) is 0.602. The maximum atomic E-state index is 5.05. The third-order valence-corrected chi connectivity index (χ3v) is 1.41. The Labute approximate surface area is 68.0 Å². The highest BCUT2D eigenvalue weighted by molar-refractivity contribution is 9.10. The van der Waals surface area contributed by atoms with Crippen LogP contribution in [0, 0.1) is 0 Å².